The van der Waals surface area contributed by atoms with Crippen molar-refractivity contribution in [3.63, 3.8) is 0 Å². The molecule has 0 aliphatic carbocycles. The molecular formula is C20H19F3N2OS. The summed E-state index contributed by atoms with van der Waals surface area (Å²) in [6.07, 6.45) is 1.43. The van der Waals surface area contributed by atoms with E-state index in [0.717, 1.165) is 24.9 Å². The summed E-state index contributed by atoms with van der Waals surface area (Å²) in [7, 11) is 0. The Kier molecular flexibility index (Phi) is 6.01. The van der Waals surface area contributed by atoms with E-state index in [-0.39, 0.29) is 11.8 Å². The number of nitrogens with one attached hydrogen (secondary N) is 1. The second-order valence-corrected chi connectivity index (χ2v) is 6.57. The Bertz CT molecular complexity index is 808. The molecule has 1 atom stereocenters. The van der Waals surface area contributed by atoms with Crippen molar-refractivity contribution in [1.29, 1.82) is 0 Å². The third kappa shape index (κ3) is 5.72. The van der Waals surface area contributed by atoms with E-state index in [1.54, 1.807) is 6.07 Å². The Morgan fingerprint density at radius 1 is 1.15 bits per heavy atom. The van der Waals surface area contributed by atoms with Crippen LogP contribution in [0.5, 0.6) is 5.75 Å². The molecular weight excluding hydrogens is 373 g/mol. The first-order valence-electron chi connectivity index (χ1n) is 8.57. The van der Waals surface area contributed by atoms with Crippen LogP contribution in [0.1, 0.15) is 18.4 Å². The van der Waals surface area contributed by atoms with Gasteiger partial charge >= 0.3 is 6.36 Å². The Balaban J connectivity index is 1.65. The summed E-state index contributed by atoms with van der Waals surface area (Å²) in [4.78, 5) is 2.05. The third-order valence-corrected chi connectivity index (χ3v) is 4.53. The average Bonchev–Trinajstić information content (AvgIpc) is 3.08. The molecule has 1 aliphatic rings. The highest BCUT2D eigenvalue weighted by atomic mass is 32.1. The lowest BCUT2D eigenvalue weighted by atomic mass is 10.1. The Morgan fingerprint density at radius 2 is 1.93 bits per heavy atom. The van der Waals surface area contributed by atoms with E-state index in [9.17, 15) is 13.2 Å². The number of ether oxygens (including phenoxy) is 1. The number of hydrogen-bond acceptors (Lipinski definition) is 2. The molecule has 1 fully saturated rings. The van der Waals surface area contributed by atoms with E-state index in [2.05, 4.69) is 22.2 Å². The van der Waals surface area contributed by atoms with Gasteiger partial charge < -0.3 is 15.0 Å². The minimum absolute atomic E-state index is 0.153. The van der Waals surface area contributed by atoms with Crippen LogP contribution in [0.2, 0.25) is 0 Å². The first-order valence-corrected chi connectivity index (χ1v) is 8.98. The molecule has 7 heteroatoms. The number of anilines is 1. The second-order valence-electron chi connectivity index (χ2n) is 6.18. The molecule has 0 bridgehead atoms. The minimum atomic E-state index is -4.72. The zero-order valence-electron chi connectivity index (χ0n) is 14.4. The fraction of sp³-hybridized carbons (Fsp3) is 0.250. The van der Waals surface area contributed by atoms with Crippen LogP contribution in [0, 0.1) is 0 Å². The van der Waals surface area contributed by atoms with Gasteiger partial charge in [0.15, 0.2) is 5.11 Å². The predicted octanol–water partition coefficient (Wildman–Crippen LogP) is 5.46. The maximum Gasteiger partial charge on any atom is 0.573 e. The van der Waals surface area contributed by atoms with Gasteiger partial charge in [0.2, 0.25) is 0 Å². The first kappa shape index (κ1) is 19.2. The van der Waals surface area contributed by atoms with Gasteiger partial charge in [0.25, 0.3) is 0 Å². The lowest BCUT2D eigenvalue weighted by molar-refractivity contribution is -0.274. The summed E-state index contributed by atoms with van der Waals surface area (Å²) >= 11 is 5.47. The van der Waals surface area contributed by atoms with Crippen molar-refractivity contribution < 1.29 is 17.9 Å². The zero-order chi connectivity index (χ0) is 19.3. The van der Waals surface area contributed by atoms with Crippen molar-refractivity contribution in [2.75, 3.05) is 11.9 Å². The molecule has 142 valence electrons. The van der Waals surface area contributed by atoms with Gasteiger partial charge in [0.1, 0.15) is 5.75 Å². The average molecular weight is 392 g/mol. The highest BCUT2D eigenvalue weighted by molar-refractivity contribution is 7.80. The number of halogens is 3. The van der Waals surface area contributed by atoms with Gasteiger partial charge in [0.05, 0.1) is 0 Å². The highest BCUT2D eigenvalue weighted by Gasteiger charge is 2.31. The van der Waals surface area contributed by atoms with Gasteiger partial charge in [-0.1, -0.05) is 48.6 Å². The quantitative estimate of drug-likeness (QED) is 0.699. The van der Waals surface area contributed by atoms with Gasteiger partial charge in [-0.3, -0.25) is 0 Å². The van der Waals surface area contributed by atoms with Gasteiger partial charge in [-0.05, 0) is 42.8 Å². The lowest BCUT2D eigenvalue weighted by Crippen LogP contribution is -2.37. The second kappa shape index (κ2) is 8.43. The molecule has 0 amide bonds. The molecule has 0 saturated carbocycles. The van der Waals surface area contributed by atoms with E-state index in [1.807, 2.05) is 35.2 Å². The standard InChI is InChI=1S/C20H19F3N2OS/c21-20(22,23)26-18-10-4-8-16(14-18)24-19(27)25-13-5-9-17(25)12-11-15-6-2-1-3-7-15/h1-4,6-8,10-12,14,17H,5,9,13H2,(H,24,27)/b12-11+. The fourth-order valence-electron chi connectivity index (χ4n) is 3.00. The van der Waals surface area contributed by atoms with Gasteiger partial charge in [-0.25, -0.2) is 0 Å². The van der Waals surface area contributed by atoms with Crippen LogP contribution in [-0.4, -0.2) is 29.0 Å². The van der Waals surface area contributed by atoms with Crippen molar-refractivity contribution in [3.8, 4) is 5.75 Å². The molecule has 0 radical (unpaired) electrons. The number of rotatable bonds is 4. The summed E-state index contributed by atoms with van der Waals surface area (Å²) in [5, 5.41) is 3.50. The first-order chi connectivity index (χ1) is 12.9. The number of thiocarbonyl (C=S) groups is 1. The smallest absolute Gasteiger partial charge is 0.406 e. The minimum Gasteiger partial charge on any atom is -0.406 e. The van der Waals surface area contributed by atoms with Crippen LogP contribution in [-0.2, 0) is 0 Å². The molecule has 0 aromatic heterocycles. The lowest BCUT2D eigenvalue weighted by Gasteiger charge is -2.25. The summed E-state index contributed by atoms with van der Waals surface area (Å²) in [6, 6.07) is 15.8. The number of benzene rings is 2. The maximum atomic E-state index is 12.4. The summed E-state index contributed by atoms with van der Waals surface area (Å²) in [5.74, 6) is -0.280. The molecule has 0 spiro atoms. The van der Waals surface area contributed by atoms with Crippen LogP contribution in [0.15, 0.2) is 60.7 Å². The third-order valence-electron chi connectivity index (χ3n) is 4.19. The van der Waals surface area contributed by atoms with Crippen molar-refractivity contribution in [2.45, 2.75) is 25.2 Å². The van der Waals surface area contributed by atoms with Gasteiger partial charge in [-0.15, -0.1) is 13.2 Å². The largest absolute Gasteiger partial charge is 0.573 e. The van der Waals surface area contributed by atoms with Crippen molar-refractivity contribution in [3.05, 3.63) is 66.2 Å². The molecule has 1 aliphatic heterocycles. The van der Waals surface area contributed by atoms with Crippen molar-refractivity contribution >= 4 is 29.1 Å². The van der Waals surface area contributed by atoms with E-state index < -0.39 is 6.36 Å². The topological polar surface area (TPSA) is 24.5 Å². The Hall–Kier alpha value is -2.54. The molecule has 1 heterocycles. The predicted molar refractivity (Wildman–Crippen MR) is 105 cm³/mol. The molecule has 1 unspecified atom stereocenters. The number of alkyl halides is 3. The number of nitrogens with zero attached hydrogens (tertiary/aromatic N) is 1. The van der Waals surface area contributed by atoms with Gasteiger partial charge in [0, 0.05) is 24.3 Å². The van der Waals surface area contributed by atoms with Gasteiger partial charge in [-0.2, -0.15) is 0 Å². The molecule has 3 nitrogen and oxygen atoms in total. The van der Waals surface area contributed by atoms with E-state index in [0.29, 0.717) is 10.8 Å². The monoisotopic (exact) mass is 392 g/mol. The highest BCUT2D eigenvalue weighted by Crippen LogP contribution is 2.26. The fourth-order valence-corrected chi connectivity index (χ4v) is 3.34. The van der Waals surface area contributed by atoms with Crippen LogP contribution < -0.4 is 10.1 Å². The molecule has 1 saturated heterocycles. The normalized spacial score (nSPS) is 17.3. The van der Waals surface area contributed by atoms with Crippen LogP contribution in [0.25, 0.3) is 6.08 Å². The Morgan fingerprint density at radius 3 is 2.67 bits per heavy atom. The van der Waals surface area contributed by atoms with Crippen molar-refractivity contribution in [1.82, 2.24) is 4.90 Å². The zero-order valence-corrected chi connectivity index (χ0v) is 15.3. The van der Waals surface area contributed by atoms with Crippen LogP contribution in [0.4, 0.5) is 18.9 Å². The van der Waals surface area contributed by atoms with E-state index in [1.165, 1.54) is 18.2 Å². The SMILES string of the molecule is FC(F)(F)Oc1cccc(NC(=S)N2CCCC2/C=C/c2ccccc2)c1. The van der Waals surface area contributed by atoms with E-state index in [4.69, 9.17) is 12.2 Å². The summed E-state index contributed by atoms with van der Waals surface area (Å²) in [5.41, 5.74) is 1.57. The maximum absolute atomic E-state index is 12.4. The molecule has 1 N–H and O–H groups in total. The molecule has 2 aromatic rings. The number of hydrogen-bond donors (Lipinski definition) is 1. The molecule has 27 heavy (non-hydrogen) atoms. The van der Waals surface area contributed by atoms with Crippen molar-refractivity contribution in [2.24, 2.45) is 0 Å². The van der Waals surface area contributed by atoms with E-state index >= 15 is 0 Å². The van der Waals surface area contributed by atoms with Crippen LogP contribution >= 0.6 is 12.2 Å². The molecule has 2 aromatic carbocycles. The Labute approximate surface area is 161 Å². The summed E-state index contributed by atoms with van der Waals surface area (Å²) < 4.78 is 41.1. The van der Waals surface area contributed by atoms with Crippen LogP contribution in [0.3, 0.4) is 0 Å². The number of likely N-dealkylation sites (tertiary alicyclic amines) is 1. The molecule has 3 rings (SSSR count). The summed E-state index contributed by atoms with van der Waals surface area (Å²) in [6.45, 7) is 0.800.